The molecule has 1 aliphatic heterocycles. The number of ether oxygens (including phenoxy) is 3. The number of hydrogen-bond acceptors (Lipinski definition) is 7. The summed E-state index contributed by atoms with van der Waals surface area (Å²) in [4.78, 5) is 21.7. The highest BCUT2D eigenvalue weighted by molar-refractivity contribution is 5.67. The van der Waals surface area contributed by atoms with Gasteiger partial charge in [-0.3, -0.25) is 9.59 Å². The van der Waals surface area contributed by atoms with E-state index in [1.165, 1.54) is 13.8 Å². The van der Waals surface area contributed by atoms with Crippen molar-refractivity contribution in [2.45, 2.75) is 51.5 Å². The Balaban J connectivity index is 2.78. The molecule has 0 spiro atoms. The minimum Gasteiger partial charge on any atom is -0.457 e. The molecule has 1 saturated heterocycles. The van der Waals surface area contributed by atoms with Crippen molar-refractivity contribution in [3.05, 3.63) is 0 Å². The second-order valence-electron chi connectivity index (χ2n) is 3.87. The van der Waals surface area contributed by atoms with Crippen LogP contribution in [0.2, 0.25) is 0 Å². The maximum atomic E-state index is 10.9. The lowest BCUT2D eigenvalue weighted by atomic mass is 9.99. The van der Waals surface area contributed by atoms with Gasteiger partial charge in [-0.25, -0.2) is 0 Å². The molecule has 0 radical (unpaired) electrons. The van der Waals surface area contributed by atoms with Crippen molar-refractivity contribution >= 4 is 11.9 Å². The summed E-state index contributed by atoms with van der Waals surface area (Å²) in [5.74, 6) is -1.27. The molecule has 98 valence electrons. The van der Waals surface area contributed by atoms with Crippen molar-refractivity contribution in [3.8, 4) is 0 Å². The minimum absolute atomic E-state index is 0.595. The molecule has 1 fully saturated rings. The van der Waals surface area contributed by atoms with Crippen molar-refractivity contribution < 1.29 is 34.0 Å². The summed E-state index contributed by atoms with van der Waals surface area (Å²) in [6, 6.07) is 0. The minimum atomic E-state index is -1.45. The first-order chi connectivity index (χ1) is 7.82. The highest BCUT2D eigenvalue weighted by atomic mass is 16.7. The van der Waals surface area contributed by atoms with E-state index in [1.54, 1.807) is 0 Å². The molecule has 5 atom stereocenters. The van der Waals surface area contributed by atoms with Crippen LogP contribution in [0.3, 0.4) is 0 Å². The molecule has 2 N–H and O–H groups in total. The quantitative estimate of drug-likeness (QED) is 0.601. The molecule has 17 heavy (non-hydrogen) atoms. The Bertz CT molecular complexity index is 275. The van der Waals surface area contributed by atoms with Gasteiger partial charge in [-0.15, -0.1) is 0 Å². The molecule has 1 rings (SSSR count). The molecule has 0 saturated carbocycles. The number of aliphatic hydroxyl groups excluding tert-OH is 2. The summed E-state index contributed by atoms with van der Waals surface area (Å²) in [5, 5.41) is 19.4. The zero-order chi connectivity index (χ0) is 13.2. The van der Waals surface area contributed by atoms with Crippen LogP contribution >= 0.6 is 0 Å². The van der Waals surface area contributed by atoms with Crippen LogP contribution < -0.4 is 0 Å². The fourth-order valence-corrected chi connectivity index (χ4v) is 1.68. The lowest BCUT2D eigenvalue weighted by molar-refractivity contribution is -0.285. The molecular formula is C10H16O7. The molecule has 1 aliphatic rings. The smallest absolute Gasteiger partial charge is 0.303 e. The predicted octanol–water partition coefficient (Wildman–Crippen LogP) is -1.05. The van der Waals surface area contributed by atoms with Gasteiger partial charge in [-0.2, -0.15) is 0 Å². The zero-order valence-corrected chi connectivity index (χ0v) is 9.82. The monoisotopic (exact) mass is 248 g/mol. The molecule has 0 aromatic heterocycles. The lowest BCUT2D eigenvalue weighted by Gasteiger charge is -2.40. The van der Waals surface area contributed by atoms with Crippen molar-refractivity contribution in [1.29, 1.82) is 0 Å². The van der Waals surface area contributed by atoms with Gasteiger partial charge in [0.2, 0.25) is 0 Å². The zero-order valence-electron chi connectivity index (χ0n) is 9.82. The van der Waals surface area contributed by atoms with E-state index >= 15 is 0 Å². The number of esters is 2. The fraction of sp³-hybridized carbons (Fsp3) is 0.800. The van der Waals surface area contributed by atoms with Crippen molar-refractivity contribution in [3.63, 3.8) is 0 Å². The Kier molecular flexibility index (Phi) is 4.44. The van der Waals surface area contributed by atoms with Crippen molar-refractivity contribution in [1.82, 2.24) is 0 Å². The van der Waals surface area contributed by atoms with E-state index < -0.39 is 42.6 Å². The van der Waals surface area contributed by atoms with E-state index in [2.05, 4.69) is 0 Å². The number of carbonyl (C=O) groups excluding carboxylic acids is 2. The first-order valence-corrected chi connectivity index (χ1v) is 5.19. The number of rotatable bonds is 2. The molecule has 7 nitrogen and oxygen atoms in total. The first kappa shape index (κ1) is 13.9. The van der Waals surface area contributed by atoms with E-state index in [-0.39, 0.29) is 0 Å². The standard InChI is InChI=1S/C10H16O7/c1-4-8(16-5(2)11)7(13)9(10(14)15-4)17-6(3)12/h4,7-10,13-14H,1-3H3/t4-,7+,8-,9+,10-/m0/s1. The van der Waals surface area contributed by atoms with E-state index in [4.69, 9.17) is 14.2 Å². The highest BCUT2D eigenvalue weighted by Crippen LogP contribution is 2.24. The molecule has 1 heterocycles. The van der Waals surface area contributed by atoms with Gasteiger partial charge in [-0.1, -0.05) is 0 Å². The van der Waals surface area contributed by atoms with Gasteiger partial charge in [0.1, 0.15) is 6.10 Å². The number of aliphatic hydroxyl groups is 2. The van der Waals surface area contributed by atoms with E-state index in [0.29, 0.717) is 0 Å². The van der Waals surface area contributed by atoms with Gasteiger partial charge in [0, 0.05) is 13.8 Å². The Morgan fingerprint density at radius 1 is 1.06 bits per heavy atom. The molecule has 0 aromatic rings. The topological polar surface area (TPSA) is 102 Å². The maximum absolute atomic E-state index is 10.9. The van der Waals surface area contributed by atoms with E-state index in [0.717, 1.165) is 6.92 Å². The van der Waals surface area contributed by atoms with Crippen LogP contribution in [0, 0.1) is 0 Å². The average Bonchev–Trinajstić information content (AvgIpc) is 2.18. The van der Waals surface area contributed by atoms with E-state index in [9.17, 15) is 19.8 Å². The van der Waals surface area contributed by atoms with Crippen LogP contribution in [0.5, 0.6) is 0 Å². The molecule has 0 aliphatic carbocycles. The van der Waals surface area contributed by atoms with Gasteiger partial charge >= 0.3 is 11.9 Å². The summed E-state index contributed by atoms with van der Waals surface area (Å²) in [5.41, 5.74) is 0. The normalized spacial score (nSPS) is 37.4. The summed E-state index contributed by atoms with van der Waals surface area (Å²) in [7, 11) is 0. The summed E-state index contributed by atoms with van der Waals surface area (Å²) in [6.45, 7) is 3.85. The Morgan fingerprint density at radius 3 is 2.00 bits per heavy atom. The molecule has 0 aromatic carbocycles. The lowest BCUT2D eigenvalue weighted by Crippen LogP contribution is -2.59. The van der Waals surface area contributed by atoms with Crippen LogP contribution in [0.4, 0.5) is 0 Å². The average molecular weight is 248 g/mol. The summed E-state index contributed by atoms with van der Waals surface area (Å²) in [6.07, 6.45) is -5.73. The Morgan fingerprint density at radius 2 is 1.53 bits per heavy atom. The van der Waals surface area contributed by atoms with E-state index in [1.807, 2.05) is 0 Å². The summed E-state index contributed by atoms with van der Waals surface area (Å²) >= 11 is 0. The third kappa shape index (κ3) is 3.39. The highest BCUT2D eigenvalue weighted by Gasteiger charge is 2.46. The molecular weight excluding hydrogens is 232 g/mol. The fourth-order valence-electron chi connectivity index (χ4n) is 1.68. The van der Waals surface area contributed by atoms with Crippen LogP contribution in [0.1, 0.15) is 20.8 Å². The first-order valence-electron chi connectivity index (χ1n) is 5.19. The molecule has 7 heteroatoms. The summed E-state index contributed by atoms with van der Waals surface area (Å²) < 4.78 is 14.6. The largest absolute Gasteiger partial charge is 0.457 e. The van der Waals surface area contributed by atoms with Crippen LogP contribution in [-0.4, -0.2) is 52.9 Å². The van der Waals surface area contributed by atoms with Gasteiger partial charge in [0.15, 0.2) is 18.5 Å². The Labute approximate surface area is 98.3 Å². The number of carbonyl (C=O) groups is 2. The second-order valence-corrected chi connectivity index (χ2v) is 3.87. The van der Waals surface area contributed by atoms with Crippen LogP contribution in [0.15, 0.2) is 0 Å². The predicted molar refractivity (Wildman–Crippen MR) is 53.7 cm³/mol. The van der Waals surface area contributed by atoms with Gasteiger partial charge in [0.05, 0.1) is 6.10 Å². The van der Waals surface area contributed by atoms with Crippen molar-refractivity contribution in [2.24, 2.45) is 0 Å². The molecule has 0 amide bonds. The van der Waals surface area contributed by atoms with Crippen LogP contribution in [0.25, 0.3) is 0 Å². The third-order valence-electron chi connectivity index (χ3n) is 2.38. The van der Waals surface area contributed by atoms with Gasteiger partial charge in [0.25, 0.3) is 0 Å². The molecule has 0 unspecified atom stereocenters. The van der Waals surface area contributed by atoms with Gasteiger partial charge < -0.3 is 24.4 Å². The number of hydrogen-bond donors (Lipinski definition) is 2. The third-order valence-corrected chi connectivity index (χ3v) is 2.38. The maximum Gasteiger partial charge on any atom is 0.303 e. The molecule has 0 bridgehead atoms. The van der Waals surface area contributed by atoms with Crippen molar-refractivity contribution in [2.75, 3.05) is 0 Å². The van der Waals surface area contributed by atoms with Crippen LogP contribution in [-0.2, 0) is 23.8 Å². The Hall–Kier alpha value is -1.18. The SMILES string of the molecule is CC(=O)O[C@@H]1[C@@H](O)[C@@H](OC(C)=O)[C@@H](O)O[C@H]1C. The van der Waals surface area contributed by atoms with Gasteiger partial charge in [-0.05, 0) is 6.92 Å². The second kappa shape index (κ2) is 5.44.